The number of nitro groups is 1. The highest BCUT2D eigenvalue weighted by Crippen LogP contribution is 2.15. The van der Waals surface area contributed by atoms with Crippen LogP contribution < -0.4 is 5.32 Å². The van der Waals surface area contributed by atoms with E-state index in [0.717, 1.165) is 17.7 Å². The predicted molar refractivity (Wildman–Crippen MR) is 155 cm³/mol. The highest BCUT2D eigenvalue weighted by atomic mass is 19.4. The van der Waals surface area contributed by atoms with Crippen LogP contribution in [0, 0.1) is 17.0 Å². The van der Waals surface area contributed by atoms with Crippen molar-refractivity contribution in [2.24, 2.45) is 0 Å². The summed E-state index contributed by atoms with van der Waals surface area (Å²) in [6.07, 6.45) is -4.47. The highest BCUT2D eigenvalue weighted by molar-refractivity contribution is 5.93. The predicted octanol–water partition coefficient (Wildman–Crippen LogP) is 4.80. The number of halogens is 3. The van der Waals surface area contributed by atoms with Crippen molar-refractivity contribution in [1.82, 2.24) is 25.2 Å². The zero-order valence-corrected chi connectivity index (χ0v) is 23.8. The summed E-state index contributed by atoms with van der Waals surface area (Å²) in [5, 5.41) is 29.8. The fraction of sp³-hybridized carbons (Fsp3) is 0.267. The molecule has 4 rings (SSSR count). The Bertz CT molecular complexity index is 1510. The number of carboxylic acid groups (broad SMARTS) is 1. The van der Waals surface area contributed by atoms with Crippen LogP contribution in [0.25, 0.3) is 0 Å². The summed E-state index contributed by atoms with van der Waals surface area (Å²) in [4.78, 5) is 34.7. The van der Waals surface area contributed by atoms with Gasteiger partial charge in [0.2, 0.25) is 0 Å². The molecule has 4 aromatic rings. The molecule has 0 bridgehead atoms. The number of hydrogen-bond acceptors (Lipinski definition) is 7. The number of hydrogen-bond donors (Lipinski definition) is 2. The third-order valence-corrected chi connectivity index (χ3v) is 6.42. The Labute approximate surface area is 251 Å². The number of carboxylic acids is 1. The number of nitro benzene ring substituents is 1. The topological polar surface area (TPSA) is 143 Å². The van der Waals surface area contributed by atoms with E-state index >= 15 is 0 Å². The maximum absolute atomic E-state index is 13.5. The average molecular weight is 613 g/mol. The van der Waals surface area contributed by atoms with Crippen LogP contribution in [-0.4, -0.2) is 61.1 Å². The van der Waals surface area contributed by atoms with Gasteiger partial charge in [-0.15, -0.1) is 5.10 Å². The van der Waals surface area contributed by atoms with Crippen LogP contribution in [0.3, 0.4) is 0 Å². The molecule has 0 spiro atoms. The summed E-state index contributed by atoms with van der Waals surface area (Å²) in [5.41, 5.74) is 4.27. The number of amides is 1. The van der Waals surface area contributed by atoms with E-state index in [0.29, 0.717) is 44.0 Å². The summed E-state index contributed by atoms with van der Waals surface area (Å²) in [6.45, 7) is 4.73. The zero-order valence-electron chi connectivity index (χ0n) is 23.8. The maximum Gasteiger partial charge on any atom is 0.490 e. The summed E-state index contributed by atoms with van der Waals surface area (Å²) in [6, 6.07) is 26.5. The second kappa shape index (κ2) is 15.9. The first kappa shape index (κ1) is 33.4. The largest absolute Gasteiger partial charge is 0.490 e. The van der Waals surface area contributed by atoms with Gasteiger partial charge in [0.25, 0.3) is 11.6 Å². The summed E-state index contributed by atoms with van der Waals surface area (Å²) in [7, 11) is 0. The van der Waals surface area contributed by atoms with Crippen molar-refractivity contribution >= 4 is 17.6 Å². The van der Waals surface area contributed by atoms with Crippen LogP contribution in [0.5, 0.6) is 0 Å². The number of alkyl halides is 3. The van der Waals surface area contributed by atoms with E-state index < -0.39 is 17.1 Å². The molecule has 0 saturated carbocycles. The van der Waals surface area contributed by atoms with Crippen molar-refractivity contribution in [2.45, 2.75) is 39.2 Å². The lowest BCUT2D eigenvalue weighted by atomic mass is 10.1. The van der Waals surface area contributed by atoms with Gasteiger partial charge in [-0.2, -0.15) is 13.2 Å². The molecule has 1 amide bonds. The number of aryl methyl sites for hydroxylation is 2. The lowest BCUT2D eigenvalue weighted by molar-refractivity contribution is -0.384. The molecule has 0 fully saturated rings. The van der Waals surface area contributed by atoms with Crippen molar-refractivity contribution in [3.8, 4) is 0 Å². The maximum atomic E-state index is 13.5. The third-order valence-electron chi connectivity index (χ3n) is 6.42. The molecule has 0 aliphatic carbocycles. The van der Waals surface area contributed by atoms with Gasteiger partial charge in [0.15, 0.2) is 5.69 Å². The Hall–Kier alpha value is -5.11. The molecule has 0 aliphatic heterocycles. The third kappa shape index (κ3) is 10.3. The normalized spacial score (nSPS) is 10.9. The van der Waals surface area contributed by atoms with Crippen LogP contribution in [0.4, 0.5) is 18.9 Å². The van der Waals surface area contributed by atoms with E-state index in [9.17, 15) is 28.1 Å². The summed E-state index contributed by atoms with van der Waals surface area (Å²) in [5.74, 6) is -2.92. The highest BCUT2D eigenvalue weighted by Gasteiger charge is 2.38. The Morgan fingerprint density at radius 1 is 0.955 bits per heavy atom. The van der Waals surface area contributed by atoms with Gasteiger partial charge in [-0.05, 0) is 30.0 Å². The first-order valence-corrected chi connectivity index (χ1v) is 13.5. The molecule has 11 nitrogen and oxygen atoms in total. The van der Waals surface area contributed by atoms with Gasteiger partial charge in [0, 0.05) is 44.9 Å². The molecule has 2 N–H and O–H groups in total. The lowest BCUT2D eigenvalue weighted by Crippen LogP contribution is -2.37. The van der Waals surface area contributed by atoms with Crippen LogP contribution in [0.1, 0.15) is 32.9 Å². The lowest BCUT2D eigenvalue weighted by Gasteiger charge is -2.22. The van der Waals surface area contributed by atoms with Crippen LogP contribution in [0.15, 0.2) is 84.9 Å². The van der Waals surface area contributed by atoms with Gasteiger partial charge in [-0.3, -0.25) is 14.9 Å². The van der Waals surface area contributed by atoms with E-state index in [4.69, 9.17) is 9.90 Å². The SMILES string of the molecule is Cc1c(C(=O)N(CCNCc2ccccc2)Cc2ccccc2)nnn1CCc1ccc([N+](=O)[O-])cc1.O=C(O)C(F)(F)F. The molecule has 0 aliphatic rings. The minimum Gasteiger partial charge on any atom is -0.475 e. The Morgan fingerprint density at radius 2 is 1.52 bits per heavy atom. The number of aliphatic carboxylic acids is 1. The van der Waals surface area contributed by atoms with Crippen LogP contribution >= 0.6 is 0 Å². The molecular weight excluding hydrogens is 581 g/mol. The van der Waals surface area contributed by atoms with E-state index in [1.165, 1.54) is 17.7 Å². The monoisotopic (exact) mass is 612 g/mol. The van der Waals surface area contributed by atoms with Gasteiger partial charge >= 0.3 is 12.1 Å². The minimum atomic E-state index is -5.08. The van der Waals surface area contributed by atoms with Crippen LogP contribution in [0.2, 0.25) is 0 Å². The fourth-order valence-electron chi connectivity index (χ4n) is 4.04. The van der Waals surface area contributed by atoms with E-state index in [-0.39, 0.29) is 11.6 Å². The van der Waals surface area contributed by atoms with E-state index in [1.807, 2.05) is 55.5 Å². The van der Waals surface area contributed by atoms with Crippen molar-refractivity contribution in [3.05, 3.63) is 123 Å². The number of nitrogens with one attached hydrogen (secondary N) is 1. The molecule has 1 aromatic heterocycles. The van der Waals surface area contributed by atoms with Gasteiger partial charge in [-0.1, -0.05) is 78.0 Å². The second-order valence-electron chi connectivity index (χ2n) is 9.60. The first-order valence-electron chi connectivity index (χ1n) is 13.5. The van der Waals surface area contributed by atoms with E-state index in [1.54, 1.807) is 21.7 Å². The molecule has 1 heterocycles. The Balaban J connectivity index is 0.000000676. The molecule has 232 valence electrons. The Kier molecular flexibility index (Phi) is 12.1. The molecule has 0 saturated heterocycles. The average Bonchev–Trinajstić information content (AvgIpc) is 3.38. The number of carbonyl (C=O) groups is 2. The molecule has 0 atom stereocenters. The van der Waals surface area contributed by atoms with Crippen molar-refractivity contribution in [3.63, 3.8) is 0 Å². The number of carbonyl (C=O) groups excluding carboxylic acids is 1. The summed E-state index contributed by atoms with van der Waals surface area (Å²) >= 11 is 0. The fourth-order valence-corrected chi connectivity index (χ4v) is 4.04. The van der Waals surface area contributed by atoms with Crippen molar-refractivity contribution < 1.29 is 32.8 Å². The second-order valence-corrected chi connectivity index (χ2v) is 9.60. The standard InChI is InChI=1S/C28H30N6O3.C2HF3O2/c1-22-27(30-31-33(22)18-16-23-12-14-26(15-13-23)34(36)37)28(35)32(21-25-10-6-3-7-11-25)19-17-29-20-24-8-4-2-5-9-24;3-2(4,5)1(6)7/h2-15,29H,16-21H2,1H3;(H,6,7). The summed E-state index contributed by atoms with van der Waals surface area (Å²) < 4.78 is 33.4. The molecule has 3 aromatic carbocycles. The van der Waals surface area contributed by atoms with Crippen LogP contribution in [-0.2, 0) is 30.8 Å². The van der Waals surface area contributed by atoms with Gasteiger partial charge in [0.1, 0.15) is 0 Å². The molecular formula is C30H31F3N6O5. The quantitative estimate of drug-likeness (QED) is 0.132. The number of non-ortho nitro benzene ring substituents is 1. The van der Waals surface area contributed by atoms with E-state index in [2.05, 4.69) is 27.8 Å². The molecule has 44 heavy (non-hydrogen) atoms. The van der Waals surface area contributed by atoms with Gasteiger partial charge in [-0.25, -0.2) is 9.48 Å². The van der Waals surface area contributed by atoms with Crippen molar-refractivity contribution in [2.75, 3.05) is 13.1 Å². The number of aromatic nitrogens is 3. The number of nitrogens with zero attached hydrogens (tertiary/aromatic N) is 5. The Morgan fingerprint density at radius 3 is 2.07 bits per heavy atom. The smallest absolute Gasteiger partial charge is 0.475 e. The number of rotatable bonds is 12. The van der Waals surface area contributed by atoms with Crippen molar-refractivity contribution in [1.29, 1.82) is 0 Å². The molecule has 0 radical (unpaired) electrons. The number of benzene rings is 3. The van der Waals surface area contributed by atoms with Gasteiger partial charge < -0.3 is 15.3 Å². The minimum absolute atomic E-state index is 0.0605. The van der Waals surface area contributed by atoms with Gasteiger partial charge in [0.05, 0.1) is 10.6 Å². The molecule has 14 heteroatoms. The first-order chi connectivity index (χ1) is 21.0. The zero-order chi connectivity index (χ0) is 32.1. The molecule has 0 unspecified atom stereocenters.